The van der Waals surface area contributed by atoms with Crippen LogP contribution in [0.5, 0.6) is 0 Å². The average molecular weight is 201 g/mol. The maximum absolute atomic E-state index is 10.5. The van der Waals surface area contributed by atoms with Crippen molar-refractivity contribution in [1.29, 1.82) is 0 Å². The molecule has 74 valence electrons. The number of hydrogen-bond acceptors (Lipinski definition) is 5. The van der Waals surface area contributed by atoms with Crippen LogP contribution in [-0.2, 0) is 0 Å². The number of rotatable bonds is 3. The Morgan fingerprint density at radius 1 is 1.00 bits per heavy atom. The van der Waals surface area contributed by atoms with Gasteiger partial charge in [0.2, 0.25) is 5.69 Å². The predicted octanol–water partition coefficient (Wildman–Crippen LogP) is -0.231. The van der Waals surface area contributed by atoms with E-state index in [1.54, 1.807) is 0 Å². The average Bonchev–Trinajstić information content (AvgIpc) is 2.46. The van der Waals surface area contributed by atoms with Gasteiger partial charge in [-0.3, -0.25) is 0 Å². The van der Waals surface area contributed by atoms with Crippen LogP contribution < -0.4 is 0 Å². The van der Waals surface area contributed by atoms with E-state index in [9.17, 15) is 14.4 Å². The molecular weight excluding hydrogens is 198 g/mol. The van der Waals surface area contributed by atoms with E-state index in [1.807, 2.05) is 0 Å². The van der Waals surface area contributed by atoms with E-state index < -0.39 is 34.9 Å². The summed E-state index contributed by atoms with van der Waals surface area (Å²) in [5.74, 6) is -6.09. The number of carboxylic acid groups (broad SMARTS) is 3. The summed E-state index contributed by atoms with van der Waals surface area (Å²) in [4.78, 5) is 31.2. The highest BCUT2D eigenvalue weighted by Gasteiger charge is 2.30. The van der Waals surface area contributed by atoms with Gasteiger partial charge in [0.05, 0.1) is 0 Å². The van der Waals surface area contributed by atoms with Gasteiger partial charge in [-0.25, -0.2) is 14.4 Å². The molecule has 0 atom stereocenters. The highest BCUT2D eigenvalue weighted by molar-refractivity contribution is 6.06. The lowest BCUT2D eigenvalue weighted by atomic mass is 10.2. The molecule has 0 radical (unpaired) electrons. The summed E-state index contributed by atoms with van der Waals surface area (Å²) in [5, 5.41) is 28.2. The minimum atomic E-state index is -1.72. The summed E-state index contributed by atoms with van der Waals surface area (Å²) in [6.45, 7) is 0. The molecule has 3 N–H and O–H groups in total. The fourth-order valence-corrected chi connectivity index (χ4v) is 0.780. The zero-order valence-corrected chi connectivity index (χ0v) is 6.42. The first-order valence-corrected chi connectivity index (χ1v) is 3.14. The second-order valence-electron chi connectivity index (χ2n) is 2.15. The molecule has 0 spiro atoms. The van der Waals surface area contributed by atoms with Crippen molar-refractivity contribution < 1.29 is 34.2 Å². The predicted molar refractivity (Wildman–Crippen MR) is 37.4 cm³/mol. The summed E-state index contributed by atoms with van der Waals surface area (Å²) < 4.78 is 4.07. The van der Waals surface area contributed by atoms with E-state index in [1.165, 1.54) is 0 Å². The highest BCUT2D eigenvalue weighted by Crippen LogP contribution is 2.14. The van der Waals surface area contributed by atoms with Crippen molar-refractivity contribution in [2.45, 2.75) is 0 Å². The normalized spacial score (nSPS) is 9.71. The van der Waals surface area contributed by atoms with Gasteiger partial charge in [0, 0.05) is 0 Å². The van der Waals surface area contributed by atoms with Crippen LogP contribution >= 0.6 is 0 Å². The summed E-state index contributed by atoms with van der Waals surface area (Å²) in [6.07, 6.45) is 0. The fraction of sp³-hybridized carbons (Fsp3) is 0. The van der Waals surface area contributed by atoms with E-state index in [0.29, 0.717) is 0 Å². The van der Waals surface area contributed by atoms with Crippen molar-refractivity contribution >= 4 is 17.9 Å². The standard InChI is InChI=1S/C6H3NO7/c8-4(9)1-2(5(10)11)7-14-3(1)6(12)13/h(H,8,9)(H,10,11)(H,12,13). The molecule has 0 unspecified atom stereocenters. The molecule has 0 aliphatic carbocycles. The Bertz CT molecular complexity index is 386. The first kappa shape index (κ1) is 9.71. The second kappa shape index (κ2) is 3.17. The molecule has 0 aliphatic rings. The topological polar surface area (TPSA) is 138 Å². The number of nitrogens with zero attached hydrogens (tertiary/aromatic N) is 1. The molecule has 14 heavy (non-hydrogen) atoms. The van der Waals surface area contributed by atoms with Crippen LogP contribution in [0.4, 0.5) is 0 Å². The number of carboxylic acids is 3. The molecule has 1 aromatic heterocycles. The van der Waals surface area contributed by atoms with Crippen molar-refractivity contribution in [3.8, 4) is 0 Å². The third-order valence-electron chi connectivity index (χ3n) is 1.30. The molecule has 8 heteroatoms. The van der Waals surface area contributed by atoms with E-state index >= 15 is 0 Å². The number of aromatic nitrogens is 1. The van der Waals surface area contributed by atoms with Crippen molar-refractivity contribution in [2.75, 3.05) is 0 Å². The van der Waals surface area contributed by atoms with Gasteiger partial charge in [-0.1, -0.05) is 5.16 Å². The minimum Gasteiger partial charge on any atom is -0.477 e. The molecule has 0 aliphatic heterocycles. The molecule has 0 saturated heterocycles. The highest BCUT2D eigenvalue weighted by atomic mass is 16.5. The number of hydrogen-bond donors (Lipinski definition) is 3. The van der Waals surface area contributed by atoms with Crippen LogP contribution in [0.25, 0.3) is 0 Å². The number of aromatic carboxylic acids is 3. The lowest BCUT2D eigenvalue weighted by molar-refractivity contribution is 0.0618. The largest absolute Gasteiger partial charge is 0.477 e. The van der Waals surface area contributed by atoms with Crippen LogP contribution in [0.2, 0.25) is 0 Å². The quantitative estimate of drug-likeness (QED) is 0.609. The van der Waals surface area contributed by atoms with Crippen LogP contribution in [0.1, 0.15) is 31.4 Å². The number of carbonyl (C=O) groups is 3. The molecule has 1 heterocycles. The van der Waals surface area contributed by atoms with Gasteiger partial charge in [-0.05, 0) is 0 Å². The Labute approximate surface area is 75.4 Å². The Morgan fingerprint density at radius 2 is 1.57 bits per heavy atom. The Hall–Kier alpha value is -2.38. The van der Waals surface area contributed by atoms with Crippen molar-refractivity contribution in [1.82, 2.24) is 5.16 Å². The van der Waals surface area contributed by atoms with Gasteiger partial charge >= 0.3 is 17.9 Å². The summed E-state index contributed by atoms with van der Waals surface area (Å²) >= 11 is 0. The Balaban J connectivity index is 3.42. The minimum absolute atomic E-state index is 0.935. The smallest absolute Gasteiger partial charge is 0.375 e. The molecule has 0 fully saturated rings. The molecule has 1 rings (SSSR count). The maximum Gasteiger partial charge on any atom is 0.375 e. The molecule has 0 aromatic carbocycles. The SMILES string of the molecule is O=C(O)c1noc(C(=O)O)c1C(=O)O. The first-order chi connectivity index (χ1) is 6.45. The molecule has 0 amide bonds. The second-order valence-corrected chi connectivity index (χ2v) is 2.15. The van der Waals surface area contributed by atoms with Crippen LogP contribution in [0, 0.1) is 0 Å². The van der Waals surface area contributed by atoms with Gasteiger partial charge in [-0.15, -0.1) is 0 Å². The van der Waals surface area contributed by atoms with Crippen LogP contribution in [-0.4, -0.2) is 38.4 Å². The van der Waals surface area contributed by atoms with Crippen molar-refractivity contribution in [3.05, 3.63) is 17.0 Å². The van der Waals surface area contributed by atoms with E-state index in [0.717, 1.165) is 0 Å². The molecule has 8 nitrogen and oxygen atoms in total. The van der Waals surface area contributed by atoms with E-state index in [4.69, 9.17) is 15.3 Å². The molecule has 1 aromatic rings. The molecule has 0 bridgehead atoms. The van der Waals surface area contributed by atoms with Gasteiger partial charge in [0.25, 0.3) is 5.76 Å². The third-order valence-corrected chi connectivity index (χ3v) is 1.30. The summed E-state index contributed by atoms with van der Waals surface area (Å²) in [7, 11) is 0. The van der Waals surface area contributed by atoms with E-state index in [2.05, 4.69) is 9.68 Å². The Morgan fingerprint density at radius 3 is 1.93 bits per heavy atom. The monoisotopic (exact) mass is 201 g/mol. The lowest BCUT2D eigenvalue weighted by Crippen LogP contribution is -2.10. The molecule has 0 saturated carbocycles. The third kappa shape index (κ3) is 1.40. The fourth-order valence-electron chi connectivity index (χ4n) is 0.780. The van der Waals surface area contributed by atoms with Gasteiger partial charge < -0.3 is 19.8 Å². The molecular formula is C6H3NO7. The van der Waals surface area contributed by atoms with Crippen LogP contribution in [0.15, 0.2) is 4.52 Å². The summed E-state index contributed by atoms with van der Waals surface area (Å²) in [6, 6.07) is 0. The first-order valence-electron chi connectivity index (χ1n) is 3.14. The van der Waals surface area contributed by atoms with Gasteiger partial charge in [0.15, 0.2) is 0 Å². The van der Waals surface area contributed by atoms with Crippen molar-refractivity contribution in [2.24, 2.45) is 0 Å². The van der Waals surface area contributed by atoms with Gasteiger partial charge in [0.1, 0.15) is 5.56 Å². The van der Waals surface area contributed by atoms with Crippen LogP contribution in [0.3, 0.4) is 0 Å². The van der Waals surface area contributed by atoms with E-state index in [-0.39, 0.29) is 0 Å². The lowest BCUT2D eigenvalue weighted by Gasteiger charge is -1.90. The van der Waals surface area contributed by atoms with Crippen molar-refractivity contribution in [3.63, 3.8) is 0 Å². The Kier molecular flexibility index (Phi) is 2.19. The maximum atomic E-state index is 10.5. The zero-order chi connectivity index (χ0) is 10.9. The summed E-state index contributed by atoms with van der Waals surface area (Å²) in [5.41, 5.74) is -1.90. The van der Waals surface area contributed by atoms with Gasteiger partial charge in [-0.2, -0.15) is 0 Å². The zero-order valence-electron chi connectivity index (χ0n) is 6.42.